The van der Waals surface area contributed by atoms with Gasteiger partial charge in [-0.15, -0.1) is 0 Å². The van der Waals surface area contributed by atoms with E-state index >= 15 is 0 Å². The van der Waals surface area contributed by atoms with Gasteiger partial charge in [0, 0.05) is 12.2 Å². The Bertz CT molecular complexity index is 428. The molecule has 2 rings (SSSR count). The number of amidine groups is 1. The Morgan fingerprint density at radius 1 is 1.44 bits per heavy atom. The van der Waals surface area contributed by atoms with E-state index in [4.69, 9.17) is 15.9 Å². The summed E-state index contributed by atoms with van der Waals surface area (Å²) in [6, 6.07) is 1.98. The molecule has 0 spiro atoms. The van der Waals surface area contributed by atoms with Crippen LogP contribution in [0.2, 0.25) is 0 Å². The lowest BCUT2D eigenvalue weighted by Gasteiger charge is -2.14. The Morgan fingerprint density at radius 2 is 2.17 bits per heavy atom. The first-order valence-corrected chi connectivity index (χ1v) is 6.20. The molecule has 0 aromatic carbocycles. The Balaban J connectivity index is 1.89. The molecule has 6 nitrogen and oxygen atoms in total. The second-order valence-corrected chi connectivity index (χ2v) is 4.49. The van der Waals surface area contributed by atoms with Gasteiger partial charge in [-0.05, 0) is 38.9 Å². The molecule has 1 aromatic rings. The van der Waals surface area contributed by atoms with Crippen LogP contribution < -0.4 is 10.5 Å². The van der Waals surface area contributed by atoms with Gasteiger partial charge >= 0.3 is 6.01 Å². The number of nitrogens with one attached hydrogen (secondary N) is 1. The molecular formula is C12H19N5O. The van der Waals surface area contributed by atoms with Crippen molar-refractivity contribution in [2.24, 2.45) is 5.73 Å². The van der Waals surface area contributed by atoms with Crippen molar-refractivity contribution in [2.75, 3.05) is 26.2 Å². The smallest absolute Gasteiger partial charge is 0.317 e. The van der Waals surface area contributed by atoms with E-state index in [1.807, 2.05) is 6.92 Å². The molecule has 98 valence electrons. The summed E-state index contributed by atoms with van der Waals surface area (Å²) in [6.45, 7) is 5.60. The lowest BCUT2D eigenvalue weighted by Crippen LogP contribution is -2.25. The third-order valence-corrected chi connectivity index (χ3v) is 2.95. The van der Waals surface area contributed by atoms with Gasteiger partial charge in [0.25, 0.3) is 0 Å². The topological polar surface area (TPSA) is 88.1 Å². The van der Waals surface area contributed by atoms with E-state index in [2.05, 4.69) is 14.9 Å². The van der Waals surface area contributed by atoms with E-state index in [0.717, 1.165) is 25.3 Å². The zero-order chi connectivity index (χ0) is 13.0. The fraction of sp³-hybridized carbons (Fsp3) is 0.583. The minimum atomic E-state index is -0.0649. The lowest BCUT2D eigenvalue weighted by molar-refractivity contribution is 0.225. The summed E-state index contributed by atoms with van der Waals surface area (Å²) in [5.41, 5.74) is 6.58. The Hall–Kier alpha value is -1.69. The molecule has 18 heavy (non-hydrogen) atoms. The van der Waals surface area contributed by atoms with Gasteiger partial charge in [-0.1, -0.05) is 0 Å². The average Bonchev–Trinajstić information content (AvgIpc) is 2.81. The fourth-order valence-electron chi connectivity index (χ4n) is 2.02. The van der Waals surface area contributed by atoms with Crippen LogP contribution in [0.4, 0.5) is 0 Å². The number of ether oxygens (including phenoxy) is 1. The van der Waals surface area contributed by atoms with Crippen LogP contribution in [0.15, 0.2) is 6.07 Å². The largest absolute Gasteiger partial charge is 0.462 e. The molecule has 0 radical (unpaired) electrons. The summed E-state index contributed by atoms with van der Waals surface area (Å²) in [5, 5.41) is 7.37. The standard InChI is InChI=1S/C12H19N5O/c1-9-8-10(11(13)14)16-12(15-9)18-7-6-17-4-2-3-5-17/h8H,2-7H2,1H3,(H3,13,14). The van der Waals surface area contributed by atoms with Gasteiger partial charge in [-0.25, -0.2) is 4.98 Å². The Labute approximate surface area is 107 Å². The van der Waals surface area contributed by atoms with Crippen LogP contribution in [0, 0.1) is 12.3 Å². The van der Waals surface area contributed by atoms with Crippen molar-refractivity contribution in [2.45, 2.75) is 19.8 Å². The molecular weight excluding hydrogens is 230 g/mol. The highest BCUT2D eigenvalue weighted by Gasteiger charge is 2.11. The molecule has 3 N–H and O–H groups in total. The first kappa shape index (κ1) is 12.8. The number of nitrogens with two attached hydrogens (primary N) is 1. The maximum atomic E-state index is 7.37. The van der Waals surface area contributed by atoms with Crippen molar-refractivity contribution in [3.05, 3.63) is 17.5 Å². The molecule has 0 saturated carbocycles. The Morgan fingerprint density at radius 3 is 2.83 bits per heavy atom. The summed E-state index contributed by atoms with van der Waals surface area (Å²) < 4.78 is 5.52. The zero-order valence-electron chi connectivity index (χ0n) is 10.6. The molecule has 2 heterocycles. The summed E-state index contributed by atoms with van der Waals surface area (Å²) in [6.07, 6.45) is 2.55. The maximum absolute atomic E-state index is 7.37. The van der Waals surface area contributed by atoms with Crippen LogP contribution in [0.5, 0.6) is 6.01 Å². The normalized spacial score (nSPS) is 15.8. The van der Waals surface area contributed by atoms with Crippen molar-refractivity contribution in [3.8, 4) is 6.01 Å². The minimum absolute atomic E-state index is 0.0649. The van der Waals surface area contributed by atoms with Crippen LogP contribution >= 0.6 is 0 Å². The van der Waals surface area contributed by atoms with Gasteiger partial charge in [0.15, 0.2) is 0 Å². The number of likely N-dealkylation sites (tertiary alicyclic amines) is 1. The second-order valence-electron chi connectivity index (χ2n) is 4.49. The molecule has 1 aliphatic heterocycles. The summed E-state index contributed by atoms with van der Waals surface area (Å²) >= 11 is 0. The number of aromatic nitrogens is 2. The van der Waals surface area contributed by atoms with E-state index in [9.17, 15) is 0 Å². The molecule has 0 atom stereocenters. The van der Waals surface area contributed by atoms with Crippen molar-refractivity contribution in [1.29, 1.82) is 5.41 Å². The predicted molar refractivity (Wildman–Crippen MR) is 69.0 cm³/mol. The molecule has 1 saturated heterocycles. The summed E-state index contributed by atoms with van der Waals surface area (Å²) in [5.74, 6) is -0.0649. The van der Waals surface area contributed by atoms with Crippen LogP contribution in [0.25, 0.3) is 0 Å². The van der Waals surface area contributed by atoms with Gasteiger partial charge < -0.3 is 10.5 Å². The molecule has 0 unspecified atom stereocenters. The number of nitrogen functional groups attached to an aromatic ring is 1. The first-order chi connectivity index (χ1) is 8.65. The van der Waals surface area contributed by atoms with E-state index in [1.165, 1.54) is 12.8 Å². The van der Waals surface area contributed by atoms with Crippen molar-refractivity contribution in [3.63, 3.8) is 0 Å². The monoisotopic (exact) mass is 249 g/mol. The van der Waals surface area contributed by atoms with Crippen LogP contribution in [0.3, 0.4) is 0 Å². The molecule has 1 aliphatic rings. The minimum Gasteiger partial charge on any atom is -0.462 e. The third kappa shape index (κ3) is 3.40. The SMILES string of the molecule is Cc1cc(C(=N)N)nc(OCCN2CCCC2)n1. The molecule has 0 amide bonds. The molecule has 0 aliphatic carbocycles. The number of hydrogen-bond acceptors (Lipinski definition) is 5. The van der Waals surface area contributed by atoms with Gasteiger partial charge in [0.1, 0.15) is 18.1 Å². The quantitative estimate of drug-likeness (QED) is 0.587. The number of rotatable bonds is 5. The zero-order valence-corrected chi connectivity index (χ0v) is 10.6. The van der Waals surface area contributed by atoms with Gasteiger partial charge in [-0.2, -0.15) is 4.98 Å². The van der Waals surface area contributed by atoms with Crippen LogP contribution in [-0.2, 0) is 0 Å². The Kier molecular flexibility index (Phi) is 4.09. The van der Waals surface area contributed by atoms with Crippen LogP contribution in [0.1, 0.15) is 24.2 Å². The molecule has 6 heteroatoms. The number of aryl methyl sites for hydroxylation is 1. The van der Waals surface area contributed by atoms with E-state index in [0.29, 0.717) is 18.3 Å². The van der Waals surface area contributed by atoms with Crippen molar-refractivity contribution < 1.29 is 4.74 Å². The highest BCUT2D eigenvalue weighted by molar-refractivity contribution is 5.93. The molecule has 1 fully saturated rings. The average molecular weight is 249 g/mol. The van der Waals surface area contributed by atoms with E-state index < -0.39 is 0 Å². The number of hydrogen-bond donors (Lipinski definition) is 2. The van der Waals surface area contributed by atoms with Crippen molar-refractivity contribution in [1.82, 2.24) is 14.9 Å². The third-order valence-electron chi connectivity index (χ3n) is 2.95. The summed E-state index contributed by atoms with van der Waals surface area (Å²) in [7, 11) is 0. The van der Waals surface area contributed by atoms with Gasteiger partial charge in [0.05, 0.1) is 0 Å². The molecule has 0 bridgehead atoms. The lowest BCUT2D eigenvalue weighted by atomic mass is 10.3. The fourth-order valence-corrected chi connectivity index (χ4v) is 2.02. The summed E-state index contributed by atoms with van der Waals surface area (Å²) in [4.78, 5) is 10.6. The maximum Gasteiger partial charge on any atom is 0.317 e. The first-order valence-electron chi connectivity index (χ1n) is 6.20. The van der Waals surface area contributed by atoms with Gasteiger partial charge in [-0.3, -0.25) is 10.3 Å². The number of nitrogens with zero attached hydrogens (tertiary/aromatic N) is 3. The van der Waals surface area contributed by atoms with Crippen molar-refractivity contribution >= 4 is 5.84 Å². The predicted octanol–water partition coefficient (Wildman–Crippen LogP) is 0.544. The molecule has 1 aromatic heterocycles. The highest BCUT2D eigenvalue weighted by Crippen LogP contribution is 2.09. The second kappa shape index (κ2) is 5.77. The van der Waals surface area contributed by atoms with E-state index in [1.54, 1.807) is 6.07 Å². The van der Waals surface area contributed by atoms with E-state index in [-0.39, 0.29) is 5.84 Å². The van der Waals surface area contributed by atoms with Crippen LogP contribution in [-0.4, -0.2) is 46.9 Å². The van der Waals surface area contributed by atoms with Gasteiger partial charge in [0.2, 0.25) is 0 Å². The highest BCUT2D eigenvalue weighted by atomic mass is 16.5.